The van der Waals surface area contributed by atoms with Gasteiger partial charge in [-0.2, -0.15) is 0 Å². The molecule has 0 aliphatic carbocycles. The smallest absolute Gasteiger partial charge is 0.244 e. The SMILES string of the molecule is O=C(NCc1ccccc1)C1N([C@H](CO)c2ccccc2)C(=O)[C@@H]2[C@H](C(=O)NCc3ccccc3)[C@H]3SC12CC3Br. The zero-order chi connectivity index (χ0) is 28.6. The van der Waals surface area contributed by atoms with E-state index >= 15 is 0 Å². The van der Waals surface area contributed by atoms with Crippen molar-refractivity contribution in [1.29, 1.82) is 0 Å². The molecule has 3 unspecified atom stereocenters. The van der Waals surface area contributed by atoms with E-state index in [-0.39, 0.29) is 34.4 Å². The summed E-state index contributed by atoms with van der Waals surface area (Å²) in [5, 5.41) is 16.6. The van der Waals surface area contributed by atoms with E-state index in [1.54, 1.807) is 16.7 Å². The molecule has 3 N–H and O–H groups in total. The van der Waals surface area contributed by atoms with Crippen LogP contribution in [-0.4, -0.2) is 55.2 Å². The monoisotopic (exact) mass is 633 g/mol. The van der Waals surface area contributed by atoms with Crippen molar-refractivity contribution in [2.24, 2.45) is 11.8 Å². The zero-order valence-corrected chi connectivity index (χ0v) is 24.8. The van der Waals surface area contributed by atoms with Gasteiger partial charge in [0.25, 0.3) is 0 Å². The van der Waals surface area contributed by atoms with Crippen LogP contribution in [0.4, 0.5) is 0 Å². The molecule has 3 aromatic rings. The molecule has 1 spiro atoms. The second-order valence-corrected chi connectivity index (χ2v) is 13.6. The van der Waals surface area contributed by atoms with Gasteiger partial charge in [0, 0.05) is 23.2 Å². The van der Waals surface area contributed by atoms with E-state index < -0.39 is 28.7 Å². The molecular formula is C32H32BrN3O4S. The number of halogens is 1. The molecule has 6 rings (SSSR count). The lowest BCUT2D eigenvalue weighted by atomic mass is 9.70. The summed E-state index contributed by atoms with van der Waals surface area (Å²) >= 11 is 5.40. The largest absolute Gasteiger partial charge is 0.394 e. The first-order valence-electron chi connectivity index (χ1n) is 13.9. The Balaban J connectivity index is 1.35. The third-order valence-corrected chi connectivity index (χ3v) is 11.8. The number of aliphatic hydroxyl groups excluding tert-OH is 1. The standard InChI is InChI=1S/C32H32BrN3O4S/c33-23-16-32-26(25(27(23)41-32)29(38)34-17-20-10-4-1-5-11-20)31(40)36(24(19-37)22-14-8-3-9-15-22)28(32)30(39)35-18-21-12-6-2-7-13-21/h1-15,23-28,37H,16-19H2,(H,34,38)(H,35,39)/t23?,24-,25+,26+,27+,28?,32?/m1/s1. The van der Waals surface area contributed by atoms with Crippen LogP contribution in [0.2, 0.25) is 0 Å². The van der Waals surface area contributed by atoms with Gasteiger partial charge in [-0.1, -0.05) is 107 Å². The number of carbonyl (C=O) groups is 3. The lowest BCUT2D eigenvalue weighted by Crippen LogP contribution is -2.55. The van der Waals surface area contributed by atoms with Crippen LogP contribution in [0, 0.1) is 11.8 Å². The lowest BCUT2D eigenvalue weighted by molar-refractivity contribution is -0.143. The number of amides is 3. The fourth-order valence-corrected chi connectivity index (χ4v) is 10.4. The first kappa shape index (κ1) is 28.0. The molecule has 3 amide bonds. The number of likely N-dealkylation sites (tertiary alicyclic amines) is 1. The maximum Gasteiger partial charge on any atom is 0.244 e. The minimum Gasteiger partial charge on any atom is -0.394 e. The number of carbonyl (C=O) groups excluding carboxylic acids is 3. The summed E-state index contributed by atoms with van der Waals surface area (Å²) in [5.74, 6) is -1.97. The summed E-state index contributed by atoms with van der Waals surface area (Å²) in [5.41, 5.74) is 2.68. The van der Waals surface area contributed by atoms with Crippen LogP contribution in [0.5, 0.6) is 0 Å². The number of thioether (sulfide) groups is 1. The van der Waals surface area contributed by atoms with Crippen LogP contribution in [0.15, 0.2) is 91.0 Å². The summed E-state index contributed by atoms with van der Waals surface area (Å²) in [6, 6.07) is 27.1. The molecule has 0 saturated carbocycles. The minimum atomic E-state index is -0.844. The van der Waals surface area contributed by atoms with Crippen molar-refractivity contribution in [3.05, 3.63) is 108 Å². The number of nitrogens with one attached hydrogen (secondary N) is 2. The highest BCUT2D eigenvalue weighted by Gasteiger charge is 2.76. The Hall–Kier alpha value is -3.14. The van der Waals surface area contributed by atoms with E-state index in [0.29, 0.717) is 19.5 Å². The molecule has 3 saturated heterocycles. The van der Waals surface area contributed by atoms with Gasteiger partial charge in [-0.3, -0.25) is 14.4 Å². The van der Waals surface area contributed by atoms with E-state index in [9.17, 15) is 19.5 Å². The van der Waals surface area contributed by atoms with Gasteiger partial charge in [0.05, 0.1) is 29.2 Å². The molecule has 7 atom stereocenters. The average molecular weight is 635 g/mol. The van der Waals surface area contributed by atoms with Crippen molar-refractivity contribution in [3.8, 4) is 0 Å². The van der Waals surface area contributed by atoms with Crippen LogP contribution in [-0.2, 0) is 27.5 Å². The van der Waals surface area contributed by atoms with Crippen LogP contribution in [0.3, 0.4) is 0 Å². The Morgan fingerprint density at radius 1 is 0.902 bits per heavy atom. The first-order valence-corrected chi connectivity index (χ1v) is 15.7. The minimum absolute atomic E-state index is 0.0299. The molecule has 3 aromatic carbocycles. The number of hydrogen-bond donors (Lipinski definition) is 3. The molecule has 7 nitrogen and oxygen atoms in total. The summed E-state index contributed by atoms with van der Waals surface area (Å²) in [6.07, 6.45) is 0.577. The summed E-state index contributed by atoms with van der Waals surface area (Å²) in [7, 11) is 0. The highest BCUT2D eigenvalue weighted by atomic mass is 79.9. The molecule has 212 valence electrons. The number of rotatable bonds is 9. The van der Waals surface area contributed by atoms with Gasteiger partial charge >= 0.3 is 0 Å². The molecule has 3 heterocycles. The molecule has 3 aliphatic heterocycles. The van der Waals surface area contributed by atoms with Crippen molar-refractivity contribution in [3.63, 3.8) is 0 Å². The molecule has 0 aromatic heterocycles. The van der Waals surface area contributed by atoms with Crippen LogP contribution in [0.1, 0.15) is 29.2 Å². The van der Waals surface area contributed by atoms with Crippen LogP contribution in [0.25, 0.3) is 0 Å². The number of benzene rings is 3. The van der Waals surface area contributed by atoms with Crippen molar-refractivity contribution in [2.75, 3.05) is 6.61 Å². The van der Waals surface area contributed by atoms with Gasteiger partial charge < -0.3 is 20.6 Å². The fraction of sp³-hybridized carbons (Fsp3) is 0.344. The molecule has 3 fully saturated rings. The molecular weight excluding hydrogens is 602 g/mol. The number of nitrogens with zero attached hydrogens (tertiary/aromatic N) is 1. The Morgan fingerprint density at radius 2 is 1.44 bits per heavy atom. The Kier molecular flexibility index (Phi) is 7.94. The summed E-state index contributed by atoms with van der Waals surface area (Å²) in [6.45, 7) is 0.348. The first-order chi connectivity index (χ1) is 19.9. The van der Waals surface area contributed by atoms with E-state index in [1.165, 1.54) is 0 Å². The zero-order valence-electron chi connectivity index (χ0n) is 22.4. The van der Waals surface area contributed by atoms with E-state index in [0.717, 1.165) is 16.7 Å². The van der Waals surface area contributed by atoms with Crippen LogP contribution < -0.4 is 10.6 Å². The normalized spacial score (nSPS) is 28.8. The maximum atomic E-state index is 14.5. The Bertz CT molecular complexity index is 1410. The second kappa shape index (κ2) is 11.6. The number of hydrogen-bond acceptors (Lipinski definition) is 5. The predicted octanol–water partition coefficient (Wildman–Crippen LogP) is 3.82. The van der Waals surface area contributed by atoms with Gasteiger partial charge in [-0.15, -0.1) is 11.8 Å². The van der Waals surface area contributed by atoms with E-state index in [1.807, 2.05) is 91.0 Å². The van der Waals surface area contributed by atoms with Gasteiger partial charge in [0.2, 0.25) is 17.7 Å². The number of aliphatic hydroxyl groups is 1. The molecule has 41 heavy (non-hydrogen) atoms. The highest BCUT2D eigenvalue weighted by molar-refractivity contribution is 9.09. The summed E-state index contributed by atoms with van der Waals surface area (Å²) in [4.78, 5) is 43.9. The second-order valence-electron chi connectivity index (χ2n) is 10.9. The lowest BCUT2D eigenvalue weighted by Gasteiger charge is -2.37. The van der Waals surface area contributed by atoms with Gasteiger partial charge in [0.1, 0.15) is 6.04 Å². The van der Waals surface area contributed by atoms with Crippen molar-refractivity contribution in [1.82, 2.24) is 15.5 Å². The van der Waals surface area contributed by atoms with E-state index in [2.05, 4.69) is 26.6 Å². The average Bonchev–Trinajstić information content (AvgIpc) is 3.60. The maximum absolute atomic E-state index is 14.5. The molecule has 0 radical (unpaired) electrons. The van der Waals surface area contributed by atoms with Gasteiger partial charge in [-0.25, -0.2) is 0 Å². The third kappa shape index (κ3) is 4.98. The topological polar surface area (TPSA) is 98.7 Å². The molecule has 9 heteroatoms. The quantitative estimate of drug-likeness (QED) is 0.311. The predicted molar refractivity (Wildman–Crippen MR) is 162 cm³/mol. The third-order valence-electron chi connectivity index (χ3n) is 8.59. The fourth-order valence-electron chi connectivity index (χ4n) is 6.82. The summed E-state index contributed by atoms with van der Waals surface area (Å²) < 4.78 is -0.798. The molecule has 2 bridgehead atoms. The van der Waals surface area contributed by atoms with E-state index in [4.69, 9.17) is 0 Å². The number of alkyl halides is 1. The number of fused-ring (bicyclic) bond motifs is 1. The van der Waals surface area contributed by atoms with Crippen molar-refractivity contribution >= 4 is 45.4 Å². The molecule has 3 aliphatic rings. The van der Waals surface area contributed by atoms with Gasteiger partial charge in [-0.05, 0) is 23.1 Å². The van der Waals surface area contributed by atoms with Crippen LogP contribution >= 0.6 is 27.7 Å². The van der Waals surface area contributed by atoms with Gasteiger partial charge in [0.15, 0.2) is 0 Å². The Labute approximate surface area is 252 Å². The Morgan fingerprint density at radius 3 is 2.00 bits per heavy atom. The van der Waals surface area contributed by atoms with Crippen molar-refractivity contribution in [2.45, 2.75) is 46.4 Å². The van der Waals surface area contributed by atoms with Crippen molar-refractivity contribution < 1.29 is 19.5 Å². The highest BCUT2D eigenvalue weighted by Crippen LogP contribution is 2.68.